The number of halogens is 1. The average molecular weight is 467 g/mol. The second-order valence-electron chi connectivity index (χ2n) is 6.85. The number of hydrogen-bond donors (Lipinski definition) is 1. The summed E-state index contributed by atoms with van der Waals surface area (Å²) in [4.78, 5) is 36.7. The van der Waals surface area contributed by atoms with E-state index in [0.717, 1.165) is 11.0 Å². The van der Waals surface area contributed by atoms with Crippen LogP contribution < -0.4 is 4.90 Å². The molecule has 2 heterocycles. The molecule has 0 spiro atoms. The van der Waals surface area contributed by atoms with Crippen LogP contribution in [0.5, 0.6) is 0 Å². The molecule has 0 aliphatic carbocycles. The largest absolute Gasteiger partial charge is 0.444 e. The Kier molecular flexibility index (Phi) is 5.41. The highest BCUT2D eigenvalue weighted by Gasteiger charge is 2.23. The van der Waals surface area contributed by atoms with Gasteiger partial charge < -0.3 is 19.2 Å². The molecule has 0 bridgehead atoms. The average Bonchev–Trinajstić information content (AvgIpc) is 3.37. The van der Waals surface area contributed by atoms with Gasteiger partial charge >= 0.3 is 0 Å². The van der Waals surface area contributed by atoms with Crippen molar-refractivity contribution >= 4 is 44.5 Å². The minimum absolute atomic E-state index is 0.183. The lowest BCUT2D eigenvalue weighted by Crippen LogP contribution is -2.31. The topological polar surface area (TPSA) is 82.4 Å². The van der Waals surface area contributed by atoms with Crippen LogP contribution in [-0.4, -0.2) is 40.8 Å². The molecule has 0 atom stereocenters. The Morgan fingerprint density at radius 3 is 2.47 bits per heavy atom. The van der Waals surface area contributed by atoms with Gasteiger partial charge in [0.25, 0.3) is 11.8 Å². The smallest absolute Gasteiger partial charge is 0.293 e. The molecule has 30 heavy (non-hydrogen) atoms. The molecule has 0 saturated heterocycles. The lowest BCUT2D eigenvalue weighted by molar-refractivity contribution is 0.0782. The van der Waals surface area contributed by atoms with Crippen LogP contribution in [-0.2, 0) is 6.54 Å². The molecule has 0 saturated carbocycles. The zero-order valence-electron chi connectivity index (χ0n) is 16.4. The van der Waals surface area contributed by atoms with Gasteiger partial charge in [0.2, 0.25) is 0 Å². The zero-order valence-corrected chi connectivity index (χ0v) is 18.0. The van der Waals surface area contributed by atoms with E-state index in [1.807, 2.05) is 24.3 Å². The second-order valence-corrected chi connectivity index (χ2v) is 7.63. The van der Waals surface area contributed by atoms with Crippen molar-refractivity contribution in [1.82, 2.24) is 14.9 Å². The standard InChI is InChI=1S/C22H19BrN4O3/c1-26(13-20-24-15-8-4-5-9-16(15)25-20)21(28)14-7-3-6-10-17(14)27(2)22(29)18-11-12-19(23)30-18/h3-12H,13H2,1-2H3,(H,24,25). The van der Waals surface area contributed by atoms with Crippen molar-refractivity contribution in [1.29, 1.82) is 0 Å². The molecule has 4 rings (SSSR count). The van der Waals surface area contributed by atoms with E-state index in [1.165, 1.54) is 4.90 Å². The maximum atomic E-state index is 13.2. The van der Waals surface area contributed by atoms with E-state index in [2.05, 4.69) is 25.9 Å². The first-order chi connectivity index (χ1) is 14.4. The van der Waals surface area contributed by atoms with Gasteiger partial charge in [0.15, 0.2) is 10.4 Å². The molecule has 2 aromatic heterocycles. The number of benzene rings is 2. The highest BCUT2D eigenvalue weighted by molar-refractivity contribution is 9.10. The van der Waals surface area contributed by atoms with Crippen LogP contribution >= 0.6 is 15.9 Å². The molecule has 0 aliphatic heterocycles. The fourth-order valence-electron chi connectivity index (χ4n) is 3.23. The number of imidazole rings is 1. The Morgan fingerprint density at radius 2 is 1.73 bits per heavy atom. The second kappa shape index (κ2) is 8.16. The predicted octanol–water partition coefficient (Wildman–Crippen LogP) is 4.47. The summed E-state index contributed by atoms with van der Waals surface area (Å²) in [5, 5.41) is 0. The van der Waals surface area contributed by atoms with Gasteiger partial charge in [0.1, 0.15) is 5.82 Å². The third-order valence-electron chi connectivity index (χ3n) is 4.76. The Balaban J connectivity index is 1.57. The molecule has 2 aromatic carbocycles. The number of furan rings is 1. The van der Waals surface area contributed by atoms with Crippen LogP contribution in [0.1, 0.15) is 26.7 Å². The summed E-state index contributed by atoms with van der Waals surface area (Å²) in [6.45, 7) is 0.310. The molecule has 0 radical (unpaired) electrons. The van der Waals surface area contributed by atoms with Crippen molar-refractivity contribution < 1.29 is 14.0 Å². The van der Waals surface area contributed by atoms with Crippen molar-refractivity contribution in [2.75, 3.05) is 19.0 Å². The number of aromatic amines is 1. The quantitative estimate of drug-likeness (QED) is 0.470. The van der Waals surface area contributed by atoms with E-state index in [1.54, 1.807) is 55.4 Å². The Morgan fingerprint density at radius 1 is 1.00 bits per heavy atom. The first kappa shape index (κ1) is 19.9. The summed E-state index contributed by atoms with van der Waals surface area (Å²) in [7, 11) is 3.32. The minimum Gasteiger partial charge on any atom is -0.444 e. The van der Waals surface area contributed by atoms with Gasteiger partial charge in [0.05, 0.1) is 28.8 Å². The number of nitrogens with one attached hydrogen (secondary N) is 1. The van der Waals surface area contributed by atoms with E-state index >= 15 is 0 Å². The normalized spacial score (nSPS) is 10.9. The van der Waals surface area contributed by atoms with Crippen LogP contribution in [0.25, 0.3) is 11.0 Å². The zero-order chi connectivity index (χ0) is 21.3. The number of carbonyl (C=O) groups excluding carboxylic acids is 2. The Bertz CT molecular complexity index is 1200. The van der Waals surface area contributed by atoms with Gasteiger partial charge in [0, 0.05) is 14.1 Å². The third kappa shape index (κ3) is 3.86. The SMILES string of the molecule is CN(Cc1nc2ccccc2[nH]1)C(=O)c1ccccc1N(C)C(=O)c1ccc(Br)o1. The first-order valence-corrected chi connectivity index (χ1v) is 10.0. The van der Waals surface area contributed by atoms with Gasteiger partial charge in [-0.05, 0) is 52.3 Å². The molecule has 4 aromatic rings. The summed E-state index contributed by atoms with van der Waals surface area (Å²) in [6.07, 6.45) is 0. The lowest BCUT2D eigenvalue weighted by atomic mass is 10.1. The van der Waals surface area contributed by atoms with E-state index in [0.29, 0.717) is 28.3 Å². The highest BCUT2D eigenvalue weighted by atomic mass is 79.9. The number of aromatic nitrogens is 2. The summed E-state index contributed by atoms with van der Waals surface area (Å²) >= 11 is 3.20. The third-order valence-corrected chi connectivity index (χ3v) is 5.18. The molecule has 7 nitrogen and oxygen atoms in total. The van der Waals surface area contributed by atoms with Crippen molar-refractivity contribution in [3.05, 3.63) is 82.5 Å². The summed E-state index contributed by atoms with van der Waals surface area (Å²) in [6, 6.07) is 17.9. The molecule has 0 unspecified atom stereocenters. The van der Waals surface area contributed by atoms with E-state index in [9.17, 15) is 9.59 Å². The van der Waals surface area contributed by atoms with Gasteiger partial charge in [-0.15, -0.1) is 0 Å². The minimum atomic E-state index is -0.346. The van der Waals surface area contributed by atoms with Gasteiger partial charge in [-0.2, -0.15) is 0 Å². The fourth-order valence-corrected chi connectivity index (χ4v) is 3.54. The number of rotatable bonds is 5. The van der Waals surface area contributed by atoms with Crippen LogP contribution in [0.3, 0.4) is 0 Å². The Hall–Kier alpha value is -3.39. The van der Waals surface area contributed by atoms with Crippen LogP contribution in [0.2, 0.25) is 0 Å². The number of para-hydroxylation sites is 3. The first-order valence-electron chi connectivity index (χ1n) is 9.25. The number of H-pyrrole nitrogens is 1. The maximum Gasteiger partial charge on any atom is 0.293 e. The molecule has 8 heteroatoms. The van der Waals surface area contributed by atoms with Crippen molar-refractivity contribution in [2.24, 2.45) is 0 Å². The molecule has 0 aliphatic rings. The lowest BCUT2D eigenvalue weighted by Gasteiger charge is -2.22. The van der Waals surface area contributed by atoms with Crippen LogP contribution in [0.4, 0.5) is 5.69 Å². The van der Waals surface area contributed by atoms with Crippen molar-refractivity contribution in [3.63, 3.8) is 0 Å². The van der Waals surface area contributed by atoms with Gasteiger partial charge in [-0.1, -0.05) is 24.3 Å². The Labute approximate surface area is 181 Å². The fraction of sp³-hybridized carbons (Fsp3) is 0.136. The van der Waals surface area contributed by atoms with E-state index < -0.39 is 0 Å². The highest BCUT2D eigenvalue weighted by Crippen LogP contribution is 2.24. The van der Waals surface area contributed by atoms with Crippen LogP contribution in [0.15, 0.2) is 69.8 Å². The van der Waals surface area contributed by atoms with Crippen molar-refractivity contribution in [3.8, 4) is 0 Å². The number of nitrogens with zero attached hydrogens (tertiary/aromatic N) is 3. The number of fused-ring (bicyclic) bond motifs is 1. The van der Waals surface area contributed by atoms with E-state index in [-0.39, 0.29) is 17.6 Å². The van der Waals surface area contributed by atoms with Crippen molar-refractivity contribution in [2.45, 2.75) is 6.54 Å². The number of hydrogen-bond acceptors (Lipinski definition) is 4. The summed E-state index contributed by atoms with van der Waals surface area (Å²) in [5.41, 5.74) is 2.68. The maximum absolute atomic E-state index is 13.2. The molecule has 0 fully saturated rings. The molecule has 152 valence electrons. The summed E-state index contributed by atoms with van der Waals surface area (Å²) in [5.74, 6) is 0.309. The van der Waals surface area contributed by atoms with E-state index in [4.69, 9.17) is 4.42 Å². The molecule has 1 N–H and O–H groups in total. The summed E-state index contributed by atoms with van der Waals surface area (Å²) < 4.78 is 5.83. The van der Waals surface area contributed by atoms with Crippen LogP contribution in [0, 0.1) is 0 Å². The predicted molar refractivity (Wildman–Crippen MR) is 117 cm³/mol. The number of carbonyl (C=O) groups is 2. The van der Waals surface area contributed by atoms with Gasteiger partial charge in [-0.25, -0.2) is 4.98 Å². The number of amides is 2. The number of anilines is 1. The molecular weight excluding hydrogens is 448 g/mol. The monoisotopic (exact) mass is 466 g/mol. The molecular formula is C22H19BrN4O3. The van der Waals surface area contributed by atoms with Gasteiger partial charge in [-0.3, -0.25) is 9.59 Å². The molecule has 2 amide bonds.